The van der Waals surface area contributed by atoms with Crippen molar-refractivity contribution >= 4 is 11.4 Å². The molecule has 2 radical (unpaired) electrons. The maximum atomic E-state index is 3.24. The molecule has 0 saturated carbocycles. The first-order valence-corrected chi connectivity index (χ1v) is 4.14. The van der Waals surface area contributed by atoms with Crippen LogP contribution >= 0.6 is 0 Å². The quantitative estimate of drug-likeness (QED) is 0.724. The van der Waals surface area contributed by atoms with E-state index in [1.807, 2.05) is 42.5 Å². The fourth-order valence-electron chi connectivity index (χ4n) is 1.11. The molecular formula is C12H9N. The Morgan fingerprint density at radius 2 is 1.54 bits per heavy atom. The Labute approximate surface area is 78.0 Å². The van der Waals surface area contributed by atoms with Crippen molar-refractivity contribution in [3.63, 3.8) is 0 Å². The zero-order valence-corrected chi connectivity index (χ0v) is 7.12. The summed E-state index contributed by atoms with van der Waals surface area (Å²) < 4.78 is 0. The Balaban J connectivity index is 2.16. The normalized spacial score (nSPS) is 9.54. The third kappa shape index (κ3) is 2.09. The highest BCUT2D eigenvalue weighted by Crippen LogP contribution is 2.13. The highest BCUT2D eigenvalue weighted by atomic mass is 14.9. The zero-order chi connectivity index (χ0) is 8.93. The fraction of sp³-hybridized carbons (Fsp3) is 0. The van der Waals surface area contributed by atoms with Crippen LogP contribution in [-0.4, -0.2) is 0 Å². The summed E-state index contributed by atoms with van der Waals surface area (Å²) in [6.45, 7) is 0. The van der Waals surface area contributed by atoms with Crippen LogP contribution in [0.4, 0.5) is 11.4 Å². The van der Waals surface area contributed by atoms with E-state index in [2.05, 4.69) is 17.4 Å². The second-order valence-electron chi connectivity index (χ2n) is 2.71. The molecule has 0 saturated heterocycles. The summed E-state index contributed by atoms with van der Waals surface area (Å²) >= 11 is 0. The molecule has 0 aliphatic carbocycles. The molecule has 0 aliphatic heterocycles. The standard InChI is InChI=1S/C12H9N/c1-3-7-11(8-4-1)13-12-9-5-2-6-10-12/h1-4,7-10,13H. The molecule has 2 aromatic rings. The number of nitrogens with one attached hydrogen (secondary N) is 1. The van der Waals surface area contributed by atoms with Crippen molar-refractivity contribution < 1.29 is 0 Å². The molecule has 2 rings (SSSR count). The molecule has 1 N–H and O–H groups in total. The number of para-hydroxylation sites is 1. The molecule has 0 heterocycles. The third-order valence-corrected chi connectivity index (χ3v) is 1.71. The van der Waals surface area contributed by atoms with Gasteiger partial charge in [0.25, 0.3) is 0 Å². The van der Waals surface area contributed by atoms with E-state index in [4.69, 9.17) is 0 Å². The van der Waals surface area contributed by atoms with E-state index >= 15 is 0 Å². The van der Waals surface area contributed by atoms with Gasteiger partial charge < -0.3 is 5.32 Å². The summed E-state index contributed by atoms with van der Waals surface area (Å²) in [6, 6.07) is 21.5. The molecule has 0 spiro atoms. The molecule has 0 aliphatic rings. The van der Waals surface area contributed by atoms with Gasteiger partial charge in [-0.3, -0.25) is 0 Å². The van der Waals surface area contributed by atoms with Gasteiger partial charge in [-0.1, -0.05) is 18.2 Å². The van der Waals surface area contributed by atoms with Crippen LogP contribution in [0.5, 0.6) is 0 Å². The Bertz CT molecular complexity index is 316. The first-order valence-electron chi connectivity index (χ1n) is 4.14. The van der Waals surface area contributed by atoms with Gasteiger partial charge in [-0.25, -0.2) is 0 Å². The maximum absolute atomic E-state index is 3.24. The van der Waals surface area contributed by atoms with Crippen LogP contribution in [0.3, 0.4) is 0 Å². The van der Waals surface area contributed by atoms with E-state index < -0.39 is 0 Å². The van der Waals surface area contributed by atoms with Crippen molar-refractivity contribution in [1.82, 2.24) is 0 Å². The molecule has 0 fully saturated rings. The van der Waals surface area contributed by atoms with Crippen molar-refractivity contribution in [3.8, 4) is 0 Å². The molecule has 1 heteroatoms. The van der Waals surface area contributed by atoms with Crippen LogP contribution < -0.4 is 5.32 Å². The van der Waals surface area contributed by atoms with E-state index in [9.17, 15) is 0 Å². The van der Waals surface area contributed by atoms with Gasteiger partial charge in [-0.2, -0.15) is 0 Å². The van der Waals surface area contributed by atoms with Crippen molar-refractivity contribution in [2.75, 3.05) is 5.32 Å². The third-order valence-electron chi connectivity index (χ3n) is 1.71. The maximum Gasteiger partial charge on any atom is 0.0396 e. The molecule has 0 amide bonds. The second-order valence-corrected chi connectivity index (χ2v) is 2.71. The van der Waals surface area contributed by atoms with Gasteiger partial charge in [-0.05, 0) is 42.5 Å². The van der Waals surface area contributed by atoms with E-state index in [1.54, 1.807) is 6.07 Å². The van der Waals surface area contributed by atoms with Crippen molar-refractivity contribution in [2.24, 2.45) is 0 Å². The fourth-order valence-corrected chi connectivity index (χ4v) is 1.11. The smallest absolute Gasteiger partial charge is 0.0396 e. The van der Waals surface area contributed by atoms with Gasteiger partial charge in [0, 0.05) is 11.4 Å². The number of hydrogen-bond donors (Lipinski definition) is 1. The topological polar surface area (TPSA) is 12.0 Å². The molecule has 0 atom stereocenters. The lowest BCUT2D eigenvalue weighted by atomic mass is 10.3. The lowest BCUT2D eigenvalue weighted by Crippen LogP contribution is -1.88. The Morgan fingerprint density at radius 3 is 2.23 bits per heavy atom. The predicted octanol–water partition coefficient (Wildman–Crippen LogP) is 3.03. The Morgan fingerprint density at radius 1 is 0.846 bits per heavy atom. The molecule has 13 heavy (non-hydrogen) atoms. The second kappa shape index (κ2) is 3.76. The van der Waals surface area contributed by atoms with Gasteiger partial charge in [0.15, 0.2) is 0 Å². The van der Waals surface area contributed by atoms with Crippen molar-refractivity contribution in [3.05, 3.63) is 60.7 Å². The monoisotopic (exact) mass is 167 g/mol. The van der Waals surface area contributed by atoms with Gasteiger partial charge in [0.1, 0.15) is 0 Å². The SMILES string of the molecule is [c]1c[c]cc(Nc2ccccc2)c1. The van der Waals surface area contributed by atoms with E-state index in [1.165, 1.54) is 0 Å². The molecule has 62 valence electrons. The zero-order valence-electron chi connectivity index (χ0n) is 7.12. The van der Waals surface area contributed by atoms with Gasteiger partial charge in [0.05, 0.1) is 0 Å². The highest BCUT2D eigenvalue weighted by molar-refractivity contribution is 5.58. The molecule has 0 unspecified atom stereocenters. The minimum atomic E-state index is 1.01. The van der Waals surface area contributed by atoms with Gasteiger partial charge in [0.2, 0.25) is 0 Å². The van der Waals surface area contributed by atoms with Crippen molar-refractivity contribution in [1.29, 1.82) is 0 Å². The summed E-state index contributed by atoms with van der Waals surface area (Å²) in [7, 11) is 0. The number of hydrogen-bond acceptors (Lipinski definition) is 1. The van der Waals surface area contributed by atoms with Crippen LogP contribution in [-0.2, 0) is 0 Å². The van der Waals surface area contributed by atoms with Crippen LogP contribution in [0.15, 0.2) is 48.5 Å². The molecular weight excluding hydrogens is 158 g/mol. The van der Waals surface area contributed by atoms with Crippen LogP contribution in [0, 0.1) is 12.1 Å². The minimum absolute atomic E-state index is 1.01. The van der Waals surface area contributed by atoms with Gasteiger partial charge in [-0.15, -0.1) is 0 Å². The lowest BCUT2D eigenvalue weighted by Gasteiger charge is -2.04. The first-order chi connectivity index (χ1) is 6.45. The summed E-state index contributed by atoms with van der Waals surface area (Å²) in [6.07, 6.45) is 0. The summed E-state index contributed by atoms with van der Waals surface area (Å²) in [5, 5.41) is 3.24. The molecule has 1 nitrogen and oxygen atoms in total. The van der Waals surface area contributed by atoms with Crippen LogP contribution in [0.25, 0.3) is 0 Å². The van der Waals surface area contributed by atoms with Crippen LogP contribution in [0.1, 0.15) is 0 Å². The average Bonchev–Trinajstić information content (AvgIpc) is 2.21. The summed E-state index contributed by atoms with van der Waals surface area (Å²) in [5.41, 5.74) is 2.09. The van der Waals surface area contributed by atoms with E-state index in [-0.39, 0.29) is 0 Å². The minimum Gasteiger partial charge on any atom is -0.355 e. The average molecular weight is 167 g/mol. The number of benzene rings is 2. The first kappa shape index (κ1) is 7.87. The molecule has 0 bridgehead atoms. The largest absolute Gasteiger partial charge is 0.355 e. The molecule has 2 aromatic carbocycles. The predicted molar refractivity (Wildman–Crippen MR) is 53.8 cm³/mol. The van der Waals surface area contributed by atoms with E-state index in [0.717, 1.165) is 11.4 Å². The Hall–Kier alpha value is -1.76. The number of rotatable bonds is 2. The van der Waals surface area contributed by atoms with Crippen LogP contribution in [0.2, 0.25) is 0 Å². The highest BCUT2D eigenvalue weighted by Gasteiger charge is 1.90. The lowest BCUT2D eigenvalue weighted by molar-refractivity contribution is 1.54. The Kier molecular flexibility index (Phi) is 2.28. The van der Waals surface area contributed by atoms with E-state index in [0.29, 0.717) is 0 Å². The van der Waals surface area contributed by atoms with Crippen molar-refractivity contribution in [2.45, 2.75) is 0 Å². The van der Waals surface area contributed by atoms with Gasteiger partial charge >= 0.3 is 0 Å². The summed E-state index contributed by atoms with van der Waals surface area (Å²) in [5.74, 6) is 0. The number of anilines is 2. The summed E-state index contributed by atoms with van der Waals surface area (Å²) in [4.78, 5) is 0. The molecule has 0 aromatic heterocycles.